The van der Waals surface area contributed by atoms with Gasteiger partial charge in [0.05, 0.1) is 12.3 Å². The molecule has 0 aliphatic rings. The number of anilines is 2. The summed E-state index contributed by atoms with van der Waals surface area (Å²) in [4.78, 5) is 17.8. The van der Waals surface area contributed by atoms with E-state index in [1.54, 1.807) is 34.6 Å². The molecule has 0 fully saturated rings. The lowest BCUT2D eigenvalue weighted by Gasteiger charge is -2.26. The molecular weight excluding hydrogens is 315 g/mol. The summed E-state index contributed by atoms with van der Waals surface area (Å²) >= 11 is 0. The topological polar surface area (TPSA) is 75.8 Å². The molecular formula is C17H21FN2O4. The summed E-state index contributed by atoms with van der Waals surface area (Å²) in [5.74, 6) is -0.371. The maximum atomic E-state index is 13.7. The first-order chi connectivity index (χ1) is 11.1. The van der Waals surface area contributed by atoms with Crippen LogP contribution in [0, 0.1) is 19.7 Å². The molecule has 0 saturated heterocycles. The normalized spacial score (nSPS) is 11.5. The van der Waals surface area contributed by atoms with Crippen LogP contribution >= 0.6 is 0 Å². The number of aliphatic hydroxyl groups is 1. The van der Waals surface area contributed by atoms with Crippen LogP contribution < -0.4 is 4.90 Å². The van der Waals surface area contributed by atoms with E-state index in [4.69, 9.17) is 14.3 Å². The maximum absolute atomic E-state index is 13.7. The number of aryl methyl sites for hydroxylation is 2. The lowest BCUT2D eigenvalue weighted by atomic mass is 10.1. The molecule has 0 atom stereocenters. The van der Waals surface area contributed by atoms with Crippen molar-refractivity contribution in [3.05, 3.63) is 41.0 Å². The zero-order valence-corrected chi connectivity index (χ0v) is 14.4. The monoisotopic (exact) mass is 336 g/mol. The third kappa shape index (κ3) is 3.91. The van der Waals surface area contributed by atoms with Crippen molar-refractivity contribution in [2.24, 2.45) is 0 Å². The van der Waals surface area contributed by atoms with Gasteiger partial charge < -0.3 is 14.3 Å². The fraction of sp³-hybridized carbons (Fsp3) is 0.412. The molecule has 1 heterocycles. The summed E-state index contributed by atoms with van der Waals surface area (Å²) in [5.41, 5.74) is 0.834. The van der Waals surface area contributed by atoms with Crippen molar-refractivity contribution in [3.8, 4) is 0 Å². The molecule has 2 rings (SSSR count). The van der Waals surface area contributed by atoms with Crippen LogP contribution in [0.15, 0.2) is 22.8 Å². The minimum absolute atomic E-state index is 0.0533. The summed E-state index contributed by atoms with van der Waals surface area (Å²) in [6, 6.07) is 2.80. The highest BCUT2D eigenvalue weighted by Crippen LogP contribution is 2.31. The van der Waals surface area contributed by atoms with Gasteiger partial charge in [0, 0.05) is 0 Å². The van der Waals surface area contributed by atoms with Crippen molar-refractivity contribution in [1.29, 1.82) is 0 Å². The predicted octanol–water partition coefficient (Wildman–Crippen LogP) is 4.00. The number of hydrogen-bond acceptors (Lipinski definition) is 5. The van der Waals surface area contributed by atoms with Crippen molar-refractivity contribution in [2.75, 3.05) is 4.90 Å². The largest absolute Gasteiger partial charge is 0.443 e. The van der Waals surface area contributed by atoms with E-state index < -0.39 is 11.7 Å². The zero-order valence-electron chi connectivity index (χ0n) is 14.4. The third-order valence-electron chi connectivity index (χ3n) is 3.19. The molecule has 6 nitrogen and oxygen atoms in total. The molecule has 0 aliphatic carbocycles. The van der Waals surface area contributed by atoms with Crippen molar-refractivity contribution in [2.45, 2.75) is 46.8 Å². The molecule has 0 bridgehead atoms. The first kappa shape index (κ1) is 17.9. The molecule has 1 aromatic carbocycles. The van der Waals surface area contributed by atoms with Crippen LogP contribution in [0.2, 0.25) is 0 Å². The number of halogens is 1. The lowest BCUT2D eigenvalue weighted by molar-refractivity contribution is 0.0592. The Labute approximate surface area is 139 Å². The number of rotatable bonds is 3. The third-order valence-corrected chi connectivity index (χ3v) is 3.19. The van der Waals surface area contributed by atoms with E-state index in [0.717, 1.165) is 4.90 Å². The highest BCUT2D eigenvalue weighted by atomic mass is 19.1. The van der Waals surface area contributed by atoms with Gasteiger partial charge in [-0.05, 0) is 57.9 Å². The molecule has 24 heavy (non-hydrogen) atoms. The Morgan fingerprint density at radius 2 is 2.00 bits per heavy atom. The Morgan fingerprint density at radius 3 is 2.54 bits per heavy atom. The van der Waals surface area contributed by atoms with Crippen LogP contribution in [-0.4, -0.2) is 21.8 Å². The standard InChI is InChI=1S/C17H21FN2O4/c1-10-7-14(11(2)6-13(10)18)20(16(22)24-17(3,4)5)15-19-12(8-21)9-23-15/h6-7,9,21H,8H2,1-5H3. The Bertz CT molecular complexity index is 750. The summed E-state index contributed by atoms with van der Waals surface area (Å²) < 4.78 is 24.5. The van der Waals surface area contributed by atoms with Gasteiger partial charge in [0.1, 0.15) is 23.4 Å². The number of ether oxygens (including phenoxy) is 1. The summed E-state index contributed by atoms with van der Waals surface area (Å²) in [7, 11) is 0. The van der Waals surface area contributed by atoms with Gasteiger partial charge in [-0.25, -0.2) is 9.18 Å². The van der Waals surface area contributed by atoms with Crippen molar-refractivity contribution >= 4 is 17.8 Å². The number of carbonyl (C=O) groups is 1. The zero-order chi connectivity index (χ0) is 18.1. The van der Waals surface area contributed by atoms with Gasteiger partial charge in [0.2, 0.25) is 0 Å². The number of benzene rings is 1. The molecule has 1 aromatic heterocycles. The Morgan fingerprint density at radius 1 is 1.33 bits per heavy atom. The van der Waals surface area contributed by atoms with E-state index in [0.29, 0.717) is 16.8 Å². The summed E-state index contributed by atoms with van der Waals surface area (Å²) in [6.07, 6.45) is 0.543. The fourth-order valence-corrected chi connectivity index (χ4v) is 2.07. The second-order valence-corrected chi connectivity index (χ2v) is 6.48. The molecule has 0 aliphatic heterocycles. The van der Waals surface area contributed by atoms with Gasteiger partial charge in [0.15, 0.2) is 0 Å². The molecule has 1 N–H and O–H groups in total. The second kappa shape index (κ2) is 6.60. The first-order valence-electron chi connectivity index (χ1n) is 7.47. The van der Waals surface area contributed by atoms with E-state index in [1.807, 2.05) is 0 Å². The van der Waals surface area contributed by atoms with Crippen LogP contribution in [-0.2, 0) is 11.3 Å². The highest BCUT2D eigenvalue weighted by molar-refractivity contribution is 5.94. The average Bonchev–Trinajstić information content (AvgIpc) is 2.91. The van der Waals surface area contributed by atoms with Crippen LogP contribution in [0.1, 0.15) is 37.6 Å². The van der Waals surface area contributed by atoms with E-state index in [2.05, 4.69) is 4.98 Å². The smallest absolute Gasteiger partial charge is 0.423 e. The van der Waals surface area contributed by atoms with Crippen LogP contribution in [0.25, 0.3) is 0 Å². The number of aliphatic hydroxyl groups excluding tert-OH is 1. The Kier molecular flexibility index (Phi) is 4.94. The molecule has 0 spiro atoms. The predicted molar refractivity (Wildman–Crippen MR) is 86.7 cm³/mol. The molecule has 130 valence electrons. The van der Waals surface area contributed by atoms with Gasteiger partial charge in [-0.1, -0.05) is 0 Å². The van der Waals surface area contributed by atoms with E-state index in [-0.39, 0.29) is 24.1 Å². The number of oxazole rings is 1. The van der Waals surface area contributed by atoms with Gasteiger partial charge in [-0.15, -0.1) is 0 Å². The quantitative estimate of drug-likeness (QED) is 0.917. The van der Waals surface area contributed by atoms with E-state index in [9.17, 15) is 9.18 Å². The maximum Gasteiger partial charge on any atom is 0.423 e. The summed E-state index contributed by atoms with van der Waals surface area (Å²) in [5, 5.41) is 9.16. The Hall–Kier alpha value is -2.41. The SMILES string of the molecule is Cc1cc(N(C(=O)OC(C)(C)C)c2nc(CO)co2)c(C)cc1F. The highest BCUT2D eigenvalue weighted by Gasteiger charge is 2.30. The number of aromatic nitrogens is 1. The minimum atomic E-state index is -0.731. The van der Waals surface area contributed by atoms with Crippen LogP contribution in [0.4, 0.5) is 20.9 Å². The van der Waals surface area contributed by atoms with Crippen LogP contribution in [0.5, 0.6) is 0 Å². The minimum Gasteiger partial charge on any atom is -0.443 e. The molecule has 0 unspecified atom stereocenters. The first-order valence-corrected chi connectivity index (χ1v) is 7.47. The van der Waals surface area contributed by atoms with Gasteiger partial charge in [-0.2, -0.15) is 9.88 Å². The Balaban J connectivity index is 2.54. The molecule has 1 amide bonds. The van der Waals surface area contributed by atoms with Gasteiger partial charge in [0.25, 0.3) is 0 Å². The lowest BCUT2D eigenvalue weighted by Crippen LogP contribution is -2.34. The summed E-state index contributed by atoms with van der Waals surface area (Å²) in [6.45, 7) is 8.15. The molecule has 7 heteroatoms. The van der Waals surface area contributed by atoms with Gasteiger partial charge in [-0.3, -0.25) is 0 Å². The number of carbonyl (C=O) groups excluding carboxylic acids is 1. The van der Waals surface area contributed by atoms with Crippen LogP contribution in [0.3, 0.4) is 0 Å². The van der Waals surface area contributed by atoms with Crippen molar-refractivity contribution < 1.29 is 23.4 Å². The van der Waals surface area contributed by atoms with Crippen molar-refractivity contribution in [3.63, 3.8) is 0 Å². The average molecular weight is 336 g/mol. The molecule has 0 saturated carbocycles. The second-order valence-electron chi connectivity index (χ2n) is 6.48. The number of nitrogens with zero attached hydrogens (tertiary/aromatic N) is 2. The van der Waals surface area contributed by atoms with Gasteiger partial charge >= 0.3 is 12.1 Å². The fourth-order valence-electron chi connectivity index (χ4n) is 2.07. The van der Waals surface area contributed by atoms with E-state index >= 15 is 0 Å². The van der Waals surface area contributed by atoms with E-state index in [1.165, 1.54) is 18.4 Å². The number of hydrogen-bond donors (Lipinski definition) is 1. The molecule has 2 aromatic rings. The van der Waals surface area contributed by atoms with Crippen molar-refractivity contribution in [1.82, 2.24) is 4.98 Å². The number of amides is 1. The molecule has 0 radical (unpaired) electrons.